The van der Waals surface area contributed by atoms with E-state index >= 15 is 0 Å². The zero-order valence-electron chi connectivity index (χ0n) is 17.1. The number of hydrogen-bond acceptors (Lipinski definition) is 2. The van der Waals surface area contributed by atoms with E-state index in [1.165, 1.54) is 22.3 Å². The van der Waals surface area contributed by atoms with Gasteiger partial charge >= 0.3 is 0 Å². The summed E-state index contributed by atoms with van der Waals surface area (Å²) in [6.07, 6.45) is 3.90. The third kappa shape index (κ3) is 5.04. The molecule has 0 unspecified atom stereocenters. The molecule has 3 aromatic carbocycles. The molecular weight excluding hydrogens is 340 g/mol. The Balaban J connectivity index is 1.74. The number of aliphatic imine (C=N–C) groups is 2. The van der Waals surface area contributed by atoms with Crippen LogP contribution in [0.2, 0.25) is 0 Å². The lowest BCUT2D eigenvalue weighted by Crippen LogP contribution is -1.94. The topological polar surface area (TPSA) is 24.7 Å². The van der Waals surface area contributed by atoms with Crippen LogP contribution in [-0.2, 0) is 0 Å². The first-order valence-electron chi connectivity index (χ1n) is 9.90. The van der Waals surface area contributed by atoms with Crippen LogP contribution in [0.4, 0.5) is 11.4 Å². The van der Waals surface area contributed by atoms with Gasteiger partial charge in [0.15, 0.2) is 0 Å². The fourth-order valence-corrected chi connectivity index (χ4v) is 3.22. The molecule has 0 saturated heterocycles. The van der Waals surface area contributed by atoms with Crippen LogP contribution in [0.1, 0.15) is 61.8 Å². The van der Waals surface area contributed by atoms with Crippen LogP contribution < -0.4 is 0 Å². The molecule has 0 radical (unpaired) electrons. The molecule has 3 aromatic rings. The van der Waals surface area contributed by atoms with Crippen molar-refractivity contribution in [1.82, 2.24) is 0 Å². The van der Waals surface area contributed by atoms with Gasteiger partial charge in [-0.15, -0.1) is 0 Å². The maximum Gasteiger partial charge on any atom is 0.0631 e. The Morgan fingerprint density at radius 2 is 0.893 bits per heavy atom. The van der Waals surface area contributed by atoms with E-state index < -0.39 is 0 Å². The molecule has 0 fully saturated rings. The van der Waals surface area contributed by atoms with Crippen molar-refractivity contribution in [3.63, 3.8) is 0 Å². The van der Waals surface area contributed by atoms with Gasteiger partial charge in [-0.05, 0) is 58.4 Å². The average Bonchev–Trinajstić information content (AvgIpc) is 2.71. The summed E-state index contributed by atoms with van der Waals surface area (Å²) in [7, 11) is 0. The molecule has 0 atom stereocenters. The Morgan fingerprint density at radius 1 is 0.536 bits per heavy atom. The van der Waals surface area contributed by atoms with Crippen LogP contribution in [0, 0.1) is 0 Å². The zero-order chi connectivity index (χ0) is 19.9. The first-order valence-corrected chi connectivity index (χ1v) is 9.90. The quantitative estimate of drug-likeness (QED) is 0.404. The van der Waals surface area contributed by atoms with Crippen LogP contribution in [0.5, 0.6) is 0 Å². The van der Waals surface area contributed by atoms with Gasteiger partial charge in [-0.2, -0.15) is 0 Å². The average molecular weight is 369 g/mol. The van der Waals surface area contributed by atoms with Crippen LogP contribution in [-0.4, -0.2) is 12.4 Å². The molecule has 0 aliphatic carbocycles. The van der Waals surface area contributed by atoms with E-state index in [4.69, 9.17) is 0 Å². The monoisotopic (exact) mass is 368 g/mol. The first-order chi connectivity index (χ1) is 13.5. The second kappa shape index (κ2) is 9.27. The maximum absolute atomic E-state index is 4.64. The van der Waals surface area contributed by atoms with E-state index in [-0.39, 0.29) is 0 Å². The summed E-state index contributed by atoms with van der Waals surface area (Å²) in [5, 5.41) is 0. The molecule has 0 N–H and O–H groups in total. The molecule has 0 spiro atoms. The van der Waals surface area contributed by atoms with Crippen molar-refractivity contribution >= 4 is 23.8 Å². The number of rotatable bonds is 6. The van der Waals surface area contributed by atoms with Crippen molar-refractivity contribution in [1.29, 1.82) is 0 Å². The van der Waals surface area contributed by atoms with Crippen LogP contribution in [0.3, 0.4) is 0 Å². The predicted molar refractivity (Wildman–Crippen MR) is 122 cm³/mol. The predicted octanol–water partition coefficient (Wildman–Crippen LogP) is 7.43. The second-order valence-electron chi connectivity index (χ2n) is 7.60. The zero-order valence-corrected chi connectivity index (χ0v) is 17.1. The van der Waals surface area contributed by atoms with Crippen LogP contribution >= 0.6 is 0 Å². The van der Waals surface area contributed by atoms with Gasteiger partial charge in [0, 0.05) is 12.4 Å². The van der Waals surface area contributed by atoms with Gasteiger partial charge in [0.1, 0.15) is 0 Å². The van der Waals surface area contributed by atoms with E-state index in [1.54, 1.807) is 0 Å². The van der Waals surface area contributed by atoms with Crippen LogP contribution in [0.25, 0.3) is 0 Å². The fraction of sp³-hybridized carbons (Fsp3) is 0.231. The lowest BCUT2D eigenvalue weighted by Gasteiger charge is -2.08. The molecule has 2 heteroatoms. The van der Waals surface area contributed by atoms with Gasteiger partial charge < -0.3 is 0 Å². The van der Waals surface area contributed by atoms with Crippen molar-refractivity contribution in [2.24, 2.45) is 9.98 Å². The Labute approximate surface area is 168 Å². The molecule has 2 nitrogen and oxygen atoms in total. The van der Waals surface area contributed by atoms with Gasteiger partial charge in [0.25, 0.3) is 0 Å². The molecule has 0 amide bonds. The standard InChI is InChI=1S/C26H28N2/c1-19(2)25-11-7-5-9-21(25)17-27-23-13-15-24(16-14-23)28-18-22-10-6-8-12-26(22)20(3)4/h5-20H,1-4H3. The minimum absolute atomic E-state index is 0.480. The molecule has 0 bridgehead atoms. The molecule has 0 heterocycles. The first kappa shape index (κ1) is 19.8. The molecule has 28 heavy (non-hydrogen) atoms. The van der Waals surface area contributed by atoms with Crippen LogP contribution in [0.15, 0.2) is 82.8 Å². The highest BCUT2D eigenvalue weighted by Crippen LogP contribution is 2.22. The van der Waals surface area contributed by atoms with Crippen molar-refractivity contribution in [2.75, 3.05) is 0 Å². The molecule has 142 valence electrons. The highest BCUT2D eigenvalue weighted by atomic mass is 14.7. The van der Waals surface area contributed by atoms with Crippen molar-refractivity contribution in [3.8, 4) is 0 Å². The van der Waals surface area contributed by atoms with E-state index in [2.05, 4.69) is 86.2 Å². The van der Waals surface area contributed by atoms with Crippen molar-refractivity contribution in [2.45, 2.75) is 39.5 Å². The minimum Gasteiger partial charge on any atom is -0.256 e. The Hall–Kier alpha value is -3.00. The van der Waals surface area contributed by atoms with Crippen molar-refractivity contribution < 1.29 is 0 Å². The summed E-state index contributed by atoms with van der Waals surface area (Å²) >= 11 is 0. The van der Waals surface area contributed by atoms with Gasteiger partial charge in [-0.3, -0.25) is 9.98 Å². The molecule has 0 aromatic heterocycles. The third-order valence-electron chi connectivity index (χ3n) is 4.79. The Kier molecular flexibility index (Phi) is 6.54. The smallest absolute Gasteiger partial charge is 0.0631 e. The summed E-state index contributed by atoms with van der Waals surface area (Å²) in [6, 6.07) is 24.9. The fourth-order valence-electron chi connectivity index (χ4n) is 3.22. The lowest BCUT2D eigenvalue weighted by molar-refractivity contribution is 0.865. The summed E-state index contributed by atoms with van der Waals surface area (Å²) < 4.78 is 0. The highest BCUT2D eigenvalue weighted by molar-refractivity contribution is 5.85. The van der Waals surface area contributed by atoms with E-state index in [0.717, 1.165) is 11.4 Å². The molecular formula is C26H28N2. The van der Waals surface area contributed by atoms with E-state index in [9.17, 15) is 0 Å². The van der Waals surface area contributed by atoms with Gasteiger partial charge in [-0.1, -0.05) is 76.2 Å². The maximum atomic E-state index is 4.64. The van der Waals surface area contributed by atoms with Gasteiger partial charge in [-0.25, -0.2) is 0 Å². The Bertz CT molecular complexity index is 883. The number of hydrogen-bond donors (Lipinski definition) is 0. The van der Waals surface area contributed by atoms with Gasteiger partial charge in [0.05, 0.1) is 11.4 Å². The lowest BCUT2D eigenvalue weighted by atomic mass is 9.98. The molecule has 0 aliphatic rings. The minimum atomic E-state index is 0.480. The third-order valence-corrected chi connectivity index (χ3v) is 4.79. The largest absolute Gasteiger partial charge is 0.256 e. The number of nitrogens with zero attached hydrogens (tertiary/aromatic N) is 2. The van der Waals surface area contributed by atoms with E-state index in [0.29, 0.717) is 11.8 Å². The normalized spacial score (nSPS) is 11.9. The Morgan fingerprint density at radius 3 is 1.25 bits per heavy atom. The summed E-state index contributed by atoms with van der Waals surface area (Å²) in [5.74, 6) is 0.959. The van der Waals surface area contributed by atoms with E-state index in [1.807, 2.05) is 36.7 Å². The molecule has 0 saturated carbocycles. The van der Waals surface area contributed by atoms with Crippen molar-refractivity contribution in [3.05, 3.63) is 95.1 Å². The van der Waals surface area contributed by atoms with Gasteiger partial charge in [0.2, 0.25) is 0 Å². The summed E-state index contributed by atoms with van der Waals surface area (Å²) in [6.45, 7) is 8.82. The SMILES string of the molecule is CC(C)c1ccccc1C=Nc1ccc(N=Cc2ccccc2C(C)C)cc1. The number of benzene rings is 3. The molecule has 3 rings (SSSR count). The summed E-state index contributed by atoms with van der Waals surface area (Å²) in [4.78, 5) is 9.28. The second-order valence-corrected chi connectivity index (χ2v) is 7.60. The molecule has 0 aliphatic heterocycles. The summed E-state index contributed by atoms with van der Waals surface area (Å²) in [5.41, 5.74) is 6.84. The highest BCUT2D eigenvalue weighted by Gasteiger charge is 2.04.